The fraction of sp³-hybridized carbons (Fsp3) is 0.714. The number of carbonyl (C=O) groups excluding carboxylic acids is 1. The molecule has 0 spiro atoms. The molecule has 1 atom stereocenters. The third kappa shape index (κ3) is 5.35. The summed E-state index contributed by atoms with van der Waals surface area (Å²) in [6.45, 7) is 7.93. The zero-order valence-corrected chi connectivity index (χ0v) is 13.3. The van der Waals surface area contributed by atoms with Crippen LogP contribution in [0.15, 0.2) is 5.38 Å². The molecule has 0 aliphatic carbocycles. The number of aromatic nitrogens is 1. The predicted octanol–water partition coefficient (Wildman–Crippen LogP) is 0.342. The SMILES string of the molecule is CC(CNC(=O)c1csc(CCN)n1)CN1CCOCC1. The molecular weight excluding hydrogens is 288 g/mol. The Bertz CT molecular complexity index is 446. The highest BCUT2D eigenvalue weighted by molar-refractivity contribution is 7.09. The average Bonchev–Trinajstić information content (AvgIpc) is 2.95. The molecule has 1 aliphatic heterocycles. The van der Waals surface area contributed by atoms with Crippen LogP contribution in [-0.4, -0.2) is 61.7 Å². The minimum Gasteiger partial charge on any atom is -0.379 e. The van der Waals surface area contributed by atoms with Crippen LogP contribution in [0.25, 0.3) is 0 Å². The first-order chi connectivity index (χ1) is 10.2. The van der Waals surface area contributed by atoms with Crippen LogP contribution >= 0.6 is 11.3 Å². The molecule has 7 heteroatoms. The monoisotopic (exact) mass is 312 g/mol. The molecule has 1 aliphatic rings. The van der Waals surface area contributed by atoms with E-state index >= 15 is 0 Å². The number of amides is 1. The molecular formula is C14H24N4O2S. The molecule has 2 heterocycles. The summed E-state index contributed by atoms with van der Waals surface area (Å²) in [5, 5.41) is 5.68. The Balaban J connectivity index is 1.71. The molecule has 1 fully saturated rings. The number of nitrogens with zero attached hydrogens (tertiary/aromatic N) is 2. The second kappa shape index (κ2) is 8.43. The van der Waals surface area contributed by atoms with Crippen molar-refractivity contribution in [2.45, 2.75) is 13.3 Å². The number of morpholine rings is 1. The van der Waals surface area contributed by atoms with Gasteiger partial charge in [0.05, 0.1) is 18.2 Å². The van der Waals surface area contributed by atoms with Crippen molar-refractivity contribution in [2.24, 2.45) is 11.7 Å². The lowest BCUT2D eigenvalue weighted by molar-refractivity contribution is 0.0317. The molecule has 1 amide bonds. The van der Waals surface area contributed by atoms with Crippen LogP contribution in [0.1, 0.15) is 22.4 Å². The van der Waals surface area contributed by atoms with Crippen molar-refractivity contribution in [1.29, 1.82) is 0 Å². The van der Waals surface area contributed by atoms with E-state index in [0.29, 0.717) is 24.7 Å². The number of nitrogens with two attached hydrogens (primary N) is 1. The Hall–Kier alpha value is -1.02. The Morgan fingerprint density at radius 3 is 3.05 bits per heavy atom. The van der Waals surface area contributed by atoms with Crippen LogP contribution in [0, 0.1) is 5.92 Å². The predicted molar refractivity (Wildman–Crippen MR) is 83.6 cm³/mol. The summed E-state index contributed by atoms with van der Waals surface area (Å²) in [4.78, 5) is 18.7. The van der Waals surface area contributed by atoms with E-state index in [0.717, 1.165) is 44.3 Å². The largest absolute Gasteiger partial charge is 0.379 e. The van der Waals surface area contributed by atoms with E-state index < -0.39 is 0 Å². The molecule has 0 aromatic carbocycles. The Morgan fingerprint density at radius 1 is 1.57 bits per heavy atom. The summed E-state index contributed by atoms with van der Waals surface area (Å²) in [5.74, 6) is 0.317. The van der Waals surface area contributed by atoms with Gasteiger partial charge in [-0.25, -0.2) is 4.98 Å². The molecule has 0 bridgehead atoms. The van der Waals surface area contributed by atoms with E-state index in [4.69, 9.17) is 10.5 Å². The second-order valence-corrected chi connectivity index (χ2v) is 6.34. The summed E-state index contributed by atoms with van der Waals surface area (Å²) in [5.41, 5.74) is 5.99. The van der Waals surface area contributed by atoms with Gasteiger partial charge in [-0.1, -0.05) is 6.92 Å². The summed E-state index contributed by atoms with van der Waals surface area (Å²) in [7, 11) is 0. The fourth-order valence-electron chi connectivity index (χ4n) is 2.30. The number of hydrogen-bond acceptors (Lipinski definition) is 6. The Kier molecular flexibility index (Phi) is 6.56. The topological polar surface area (TPSA) is 80.5 Å². The van der Waals surface area contributed by atoms with Crippen molar-refractivity contribution in [3.63, 3.8) is 0 Å². The molecule has 1 aromatic rings. The van der Waals surface area contributed by atoms with E-state index in [-0.39, 0.29) is 5.91 Å². The number of thiazole rings is 1. The van der Waals surface area contributed by atoms with Crippen LogP contribution < -0.4 is 11.1 Å². The van der Waals surface area contributed by atoms with Crippen LogP contribution in [0.3, 0.4) is 0 Å². The van der Waals surface area contributed by atoms with Gasteiger partial charge in [0, 0.05) is 38.0 Å². The minimum atomic E-state index is -0.0941. The molecule has 1 unspecified atom stereocenters. The van der Waals surface area contributed by atoms with Crippen molar-refractivity contribution >= 4 is 17.2 Å². The quantitative estimate of drug-likeness (QED) is 0.759. The molecule has 1 saturated heterocycles. The van der Waals surface area contributed by atoms with Crippen molar-refractivity contribution in [3.05, 3.63) is 16.1 Å². The lowest BCUT2D eigenvalue weighted by Gasteiger charge is -2.29. The van der Waals surface area contributed by atoms with Gasteiger partial charge in [0.25, 0.3) is 5.91 Å². The highest BCUT2D eigenvalue weighted by Crippen LogP contribution is 2.10. The van der Waals surface area contributed by atoms with E-state index in [1.807, 2.05) is 0 Å². The van der Waals surface area contributed by atoms with Gasteiger partial charge in [-0.15, -0.1) is 11.3 Å². The number of carbonyl (C=O) groups is 1. The molecule has 118 valence electrons. The number of hydrogen-bond donors (Lipinski definition) is 2. The van der Waals surface area contributed by atoms with Gasteiger partial charge in [0.15, 0.2) is 0 Å². The fourth-order valence-corrected chi connectivity index (χ4v) is 3.09. The smallest absolute Gasteiger partial charge is 0.270 e. The van der Waals surface area contributed by atoms with Gasteiger partial charge in [0.2, 0.25) is 0 Å². The average molecular weight is 312 g/mol. The first-order valence-electron chi connectivity index (χ1n) is 7.42. The number of ether oxygens (including phenoxy) is 1. The van der Waals surface area contributed by atoms with E-state index in [1.54, 1.807) is 5.38 Å². The second-order valence-electron chi connectivity index (χ2n) is 5.39. The maximum Gasteiger partial charge on any atom is 0.270 e. The maximum absolute atomic E-state index is 12.0. The normalized spacial score (nSPS) is 17.6. The lowest BCUT2D eigenvalue weighted by Crippen LogP contribution is -2.41. The van der Waals surface area contributed by atoms with Gasteiger partial charge in [-0.05, 0) is 12.5 Å². The van der Waals surface area contributed by atoms with Crippen molar-refractivity contribution in [3.8, 4) is 0 Å². The molecule has 0 saturated carbocycles. The summed E-state index contributed by atoms with van der Waals surface area (Å²) < 4.78 is 5.33. The van der Waals surface area contributed by atoms with Crippen LogP contribution in [0.2, 0.25) is 0 Å². The molecule has 21 heavy (non-hydrogen) atoms. The van der Waals surface area contributed by atoms with Crippen LogP contribution in [-0.2, 0) is 11.2 Å². The third-order valence-corrected chi connectivity index (χ3v) is 4.34. The van der Waals surface area contributed by atoms with Crippen molar-refractivity contribution in [2.75, 3.05) is 45.9 Å². The Morgan fingerprint density at radius 2 is 2.33 bits per heavy atom. The summed E-state index contributed by atoms with van der Waals surface area (Å²) in [6, 6.07) is 0. The van der Waals surface area contributed by atoms with Gasteiger partial charge in [-0.3, -0.25) is 9.69 Å². The number of rotatable bonds is 7. The minimum absolute atomic E-state index is 0.0941. The third-order valence-electron chi connectivity index (χ3n) is 3.43. The van der Waals surface area contributed by atoms with E-state index in [1.165, 1.54) is 11.3 Å². The van der Waals surface area contributed by atoms with E-state index in [2.05, 4.69) is 22.1 Å². The van der Waals surface area contributed by atoms with E-state index in [9.17, 15) is 4.79 Å². The molecule has 1 aromatic heterocycles. The van der Waals surface area contributed by atoms with Crippen molar-refractivity contribution < 1.29 is 9.53 Å². The standard InChI is InChI=1S/C14H24N4O2S/c1-11(9-18-4-6-20-7-5-18)8-16-14(19)12-10-21-13(17-12)2-3-15/h10-11H,2-9,15H2,1H3,(H,16,19). The maximum atomic E-state index is 12.0. The zero-order chi connectivity index (χ0) is 15.1. The molecule has 0 radical (unpaired) electrons. The molecule has 6 nitrogen and oxygen atoms in total. The molecule has 2 rings (SSSR count). The van der Waals surface area contributed by atoms with Crippen LogP contribution in [0.5, 0.6) is 0 Å². The first-order valence-corrected chi connectivity index (χ1v) is 8.29. The first kappa shape index (κ1) is 16.4. The Labute approximate surface area is 129 Å². The van der Waals surface area contributed by atoms with Gasteiger partial charge in [0.1, 0.15) is 5.69 Å². The summed E-state index contributed by atoms with van der Waals surface area (Å²) >= 11 is 1.49. The van der Waals surface area contributed by atoms with Gasteiger partial charge < -0.3 is 15.8 Å². The lowest BCUT2D eigenvalue weighted by atomic mass is 10.1. The molecule has 3 N–H and O–H groups in total. The van der Waals surface area contributed by atoms with Crippen LogP contribution in [0.4, 0.5) is 0 Å². The highest BCUT2D eigenvalue weighted by Gasteiger charge is 2.15. The van der Waals surface area contributed by atoms with Gasteiger partial charge in [-0.2, -0.15) is 0 Å². The van der Waals surface area contributed by atoms with Gasteiger partial charge >= 0.3 is 0 Å². The highest BCUT2D eigenvalue weighted by atomic mass is 32.1. The zero-order valence-electron chi connectivity index (χ0n) is 12.5. The van der Waals surface area contributed by atoms with Crippen molar-refractivity contribution in [1.82, 2.24) is 15.2 Å². The number of nitrogens with one attached hydrogen (secondary N) is 1. The summed E-state index contributed by atoms with van der Waals surface area (Å²) in [6.07, 6.45) is 0.728.